The Hall–Kier alpha value is -0.140. The second-order valence-corrected chi connectivity index (χ2v) is 5.91. The molecule has 2 atom stereocenters. The van der Waals surface area contributed by atoms with E-state index in [0.717, 1.165) is 0 Å². The first-order chi connectivity index (χ1) is 11.0. The minimum atomic E-state index is 0. The third kappa shape index (κ3) is 11.4. The zero-order valence-electron chi connectivity index (χ0n) is 17.7. The average molecular weight is 501 g/mol. The average Bonchev–Trinajstić information content (AvgIpc) is 3.03. The van der Waals surface area contributed by atoms with E-state index in [9.17, 15) is 0 Å². The van der Waals surface area contributed by atoms with Gasteiger partial charge in [-0.1, -0.05) is 69.9 Å². The summed E-state index contributed by atoms with van der Waals surface area (Å²) in [6.07, 6.45) is 11.2. The van der Waals surface area contributed by atoms with Crippen molar-refractivity contribution in [1.29, 1.82) is 0 Å². The molecule has 4 heteroatoms. The molecule has 0 amide bonds. The number of allylic oxidation sites excluding steroid dienone is 8. The summed E-state index contributed by atoms with van der Waals surface area (Å²) < 4.78 is 0. The Kier molecular flexibility index (Phi) is 22.8. The van der Waals surface area contributed by atoms with Crippen molar-refractivity contribution in [3.8, 4) is 0 Å². The van der Waals surface area contributed by atoms with Gasteiger partial charge in [0.25, 0.3) is 0 Å². The van der Waals surface area contributed by atoms with Crippen molar-refractivity contribution >= 4 is 37.3 Å². The predicted octanol–water partition coefficient (Wildman–Crippen LogP) is 6.63. The maximum atomic E-state index is 3.39. The molecule has 0 spiro atoms. The fourth-order valence-corrected chi connectivity index (χ4v) is 2.76. The summed E-state index contributed by atoms with van der Waals surface area (Å²) in [5.74, 6) is 1.02. The van der Waals surface area contributed by atoms with Gasteiger partial charge in [-0.05, 0) is 0 Å². The van der Waals surface area contributed by atoms with Gasteiger partial charge >= 0.3 is 30.2 Å². The van der Waals surface area contributed by atoms with Crippen molar-refractivity contribution in [2.75, 3.05) is 0 Å². The van der Waals surface area contributed by atoms with Crippen molar-refractivity contribution in [3.05, 3.63) is 91.8 Å². The van der Waals surface area contributed by atoms with Crippen LogP contribution in [0, 0.1) is 38.8 Å². The predicted molar refractivity (Wildman–Crippen MR) is 127 cm³/mol. The van der Waals surface area contributed by atoms with Gasteiger partial charge in [-0.3, -0.25) is 12.2 Å². The van der Waals surface area contributed by atoms with Crippen molar-refractivity contribution in [2.24, 2.45) is 11.8 Å². The maximum absolute atomic E-state index is 3.39. The molecule has 3 rings (SSSR count). The standard InChI is InChI=1S/C13H13.C8H11.2CH3.2ClH.H2Si.Zr/c1-10-8-11(2)13(9-10)12-6-4-3-5-7-12;1-6-4-7(2)8(3)5-6;;;;;;/h3-7,9-10H,1-2H3;4,6H,1-3H3;2*1H3;2*1H;1H2;/q4*-1;;;;. The molecule has 0 saturated heterocycles. The molecule has 2 aliphatic rings. The van der Waals surface area contributed by atoms with Crippen LogP contribution in [0.15, 0.2) is 59.2 Å². The molecule has 2 unspecified atom stereocenters. The van der Waals surface area contributed by atoms with Gasteiger partial charge in [-0.15, -0.1) is 37.3 Å². The summed E-state index contributed by atoms with van der Waals surface area (Å²) >= 11 is 1.58. The Morgan fingerprint density at radius 3 is 1.52 bits per heavy atom. The van der Waals surface area contributed by atoms with Gasteiger partial charge in [0.2, 0.25) is 0 Å². The van der Waals surface area contributed by atoms with Crippen LogP contribution in [0.4, 0.5) is 0 Å². The molecular weight excluding hydrogens is 466 g/mol. The van der Waals surface area contributed by atoms with Crippen LogP contribution in [0.2, 0.25) is 0 Å². The van der Waals surface area contributed by atoms with E-state index in [1.165, 1.54) is 27.9 Å². The minimum absolute atomic E-state index is 0. The molecule has 0 bridgehead atoms. The number of rotatable bonds is 1. The topological polar surface area (TPSA) is 0 Å². The molecule has 2 aliphatic carbocycles. The second-order valence-electron chi connectivity index (χ2n) is 5.91. The van der Waals surface area contributed by atoms with Crippen LogP contribution in [-0.2, 0) is 23.3 Å². The molecule has 0 heterocycles. The van der Waals surface area contributed by atoms with Crippen LogP contribution in [0.3, 0.4) is 0 Å². The molecule has 0 fully saturated rings. The SMILES string of the molecule is CC1=[C-]C(C)C=C1C.CC1=[C-]C(C)C=C1c1ccccc1.Cl.Cl.[CH3-].[CH3-].[SiH2]=[Zr]. The molecule has 0 aliphatic heterocycles. The molecule has 0 nitrogen and oxygen atoms in total. The molecule has 27 heavy (non-hydrogen) atoms. The van der Waals surface area contributed by atoms with Gasteiger partial charge in [0.1, 0.15) is 0 Å². The first-order valence-corrected chi connectivity index (χ1v) is 13.9. The Labute approximate surface area is 197 Å². The van der Waals surface area contributed by atoms with Crippen LogP contribution in [-0.4, -0.2) is 6.88 Å². The zero-order chi connectivity index (χ0) is 17.4. The third-order valence-electron chi connectivity index (χ3n) is 3.89. The summed E-state index contributed by atoms with van der Waals surface area (Å²) in [5, 5.41) is 0. The van der Waals surface area contributed by atoms with E-state index in [-0.39, 0.29) is 39.7 Å². The van der Waals surface area contributed by atoms with Gasteiger partial charge in [0.05, 0.1) is 0 Å². The second kappa shape index (κ2) is 17.9. The summed E-state index contributed by atoms with van der Waals surface area (Å²) in [6.45, 7) is 12.6. The first-order valence-electron chi connectivity index (χ1n) is 7.99. The number of halogens is 2. The van der Waals surface area contributed by atoms with Gasteiger partial charge in [-0.2, -0.15) is 17.7 Å². The quantitative estimate of drug-likeness (QED) is 0.300. The van der Waals surface area contributed by atoms with Crippen LogP contribution in [0.1, 0.15) is 40.2 Å². The fraction of sp³-hybridized carbons (Fsp3) is 0.304. The molecule has 0 N–H and O–H groups in total. The Morgan fingerprint density at radius 2 is 1.22 bits per heavy atom. The summed E-state index contributed by atoms with van der Waals surface area (Å²) in [4.78, 5) is 0. The van der Waals surface area contributed by atoms with Crippen LogP contribution in [0.5, 0.6) is 0 Å². The van der Waals surface area contributed by atoms with Crippen LogP contribution in [0.25, 0.3) is 5.57 Å². The molecule has 152 valence electrons. The number of benzene rings is 1. The Balaban J connectivity index is -0.000000168. The van der Waals surface area contributed by atoms with E-state index < -0.39 is 0 Å². The molecular formula is C23H34Cl2SiZr-4. The van der Waals surface area contributed by atoms with E-state index in [4.69, 9.17) is 0 Å². The van der Waals surface area contributed by atoms with Crippen molar-refractivity contribution < 1.29 is 23.3 Å². The molecule has 0 aromatic heterocycles. The van der Waals surface area contributed by atoms with Gasteiger partial charge in [0.15, 0.2) is 0 Å². The number of hydrogen-bond acceptors (Lipinski definition) is 0. The molecule has 0 radical (unpaired) electrons. The molecule has 0 saturated carbocycles. The number of hydrogen-bond donors (Lipinski definition) is 0. The van der Waals surface area contributed by atoms with E-state index in [1.54, 1.807) is 23.3 Å². The first kappa shape index (κ1) is 34.4. The van der Waals surface area contributed by atoms with Crippen molar-refractivity contribution in [2.45, 2.75) is 34.6 Å². The van der Waals surface area contributed by atoms with Crippen molar-refractivity contribution in [1.82, 2.24) is 0 Å². The normalized spacial score (nSPS) is 18.5. The van der Waals surface area contributed by atoms with E-state index in [1.807, 2.05) is 12.9 Å². The molecule has 1 aromatic rings. The van der Waals surface area contributed by atoms with Crippen molar-refractivity contribution in [3.63, 3.8) is 0 Å². The van der Waals surface area contributed by atoms with E-state index in [0.29, 0.717) is 11.8 Å². The summed E-state index contributed by atoms with van der Waals surface area (Å²) in [6, 6.07) is 10.5. The molecule has 1 aromatic carbocycles. The van der Waals surface area contributed by atoms with Gasteiger partial charge < -0.3 is 14.9 Å². The van der Waals surface area contributed by atoms with Crippen LogP contribution >= 0.6 is 24.8 Å². The Bertz CT molecular complexity index is 628. The van der Waals surface area contributed by atoms with Crippen LogP contribution < -0.4 is 0 Å². The Morgan fingerprint density at radius 1 is 0.778 bits per heavy atom. The van der Waals surface area contributed by atoms with Gasteiger partial charge in [-0.25, -0.2) is 16.7 Å². The fourth-order valence-electron chi connectivity index (χ4n) is 2.76. The zero-order valence-corrected chi connectivity index (χ0v) is 23.2. The summed E-state index contributed by atoms with van der Waals surface area (Å²) in [5.41, 5.74) is 6.62. The van der Waals surface area contributed by atoms with E-state index in [2.05, 4.69) is 83.2 Å². The summed E-state index contributed by atoms with van der Waals surface area (Å²) in [7, 11) is 0. The van der Waals surface area contributed by atoms with E-state index >= 15 is 0 Å². The third-order valence-corrected chi connectivity index (χ3v) is 3.89. The monoisotopic (exact) mass is 498 g/mol. The van der Waals surface area contributed by atoms with Gasteiger partial charge in [0, 0.05) is 0 Å².